The van der Waals surface area contributed by atoms with Crippen molar-refractivity contribution in [1.82, 2.24) is 0 Å². The van der Waals surface area contributed by atoms with E-state index in [1.807, 2.05) is 0 Å². The molecule has 0 heterocycles. The first-order valence-corrected chi connectivity index (χ1v) is 9.17. The van der Waals surface area contributed by atoms with Crippen molar-refractivity contribution >= 4 is 40.5 Å². The normalized spacial score (nSPS) is 17.8. The summed E-state index contributed by atoms with van der Waals surface area (Å²) in [6, 6.07) is 0. The van der Waals surface area contributed by atoms with E-state index in [0.717, 1.165) is 12.8 Å². The third-order valence-corrected chi connectivity index (χ3v) is 3.01. The van der Waals surface area contributed by atoms with Gasteiger partial charge in [-0.2, -0.15) is 8.42 Å². The van der Waals surface area contributed by atoms with Gasteiger partial charge in [-0.3, -0.25) is 17.5 Å². The molecule has 0 saturated carbocycles. The molecule has 100 valence electrons. The number of hydrogen-bond donors (Lipinski definition) is 2. The average Bonchev–Trinajstić information content (AvgIpc) is 2.06. The van der Waals surface area contributed by atoms with E-state index in [4.69, 9.17) is 9.11 Å². The number of unbranched alkanes of at least 4 members (excludes halogenated alkanes) is 3. The molecular weight excluding hydrogens is 319 g/mol. The second kappa shape index (κ2) is 10.4. The first-order chi connectivity index (χ1) is 7.21. The van der Waals surface area contributed by atoms with Crippen molar-refractivity contribution in [2.45, 2.75) is 25.7 Å². The van der Waals surface area contributed by atoms with Crippen molar-refractivity contribution in [2.24, 2.45) is 0 Å². The van der Waals surface area contributed by atoms with Crippen LogP contribution in [0, 0.1) is 0 Å². The molecule has 11 heteroatoms. The Kier molecular flexibility index (Phi) is 12.8. The van der Waals surface area contributed by atoms with Crippen molar-refractivity contribution in [1.29, 1.82) is 0 Å². The minimum absolute atomic E-state index is 0. The Morgan fingerprint density at radius 2 is 1.18 bits per heavy atom. The van der Waals surface area contributed by atoms with Gasteiger partial charge in [0, 0.05) is 22.4 Å². The predicted octanol–water partition coefficient (Wildman–Crippen LogP) is -2.03. The van der Waals surface area contributed by atoms with Gasteiger partial charge in [-0.25, -0.2) is 0 Å². The van der Waals surface area contributed by atoms with Gasteiger partial charge in [0.15, 0.2) is 0 Å². The summed E-state index contributed by atoms with van der Waals surface area (Å²) in [4.78, 5) is 0. The summed E-state index contributed by atoms with van der Waals surface area (Å²) in [5.41, 5.74) is 0. The second-order valence-corrected chi connectivity index (χ2v) is 7.62. The van der Waals surface area contributed by atoms with Gasteiger partial charge in [0.05, 0.1) is 13.2 Å². The monoisotopic (exact) mass is 334 g/mol. The minimum Gasteiger partial charge on any atom is -1.00 e. The molecule has 17 heavy (non-hydrogen) atoms. The molecule has 2 atom stereocenters. The molecule has 0 spiro atoms. The van der Waals surface area contributed by atoms with E-state index in [9.17, 15) is 8.42 Å². The van der Waals surface area contributed by atoms with Crippen LogP contribution in [0.15, 0.2) is 0 Å². The summed E-state index contributed by atoms with van der Waals surface area (Å²) in [6.45, 7) is 0.245. The summed E-state index contributed by atoms with van der Waals surface area (Å²) in [5, 5.41) is 0. The first-order valence-electron chi connectivity index (χ1n) is 4.44. The van der Waals surface area contributed by atoms with Crippen LogP contribution in [0.2, 0.25) is 0 Å². The summed E-state index contributed by atoms with van der Waals surface area (Å²) < 4.78 is 47.0. The zero-order chi connectivity index (χ0) is 12.7. The van der Waals surface area contributed by atoms with Crippen molar-refractivity contribution in [3.63, 3.8) is 0 Å². The van der Waals surface area contributed by atoms with E-state index in [2.05, 4.69) is 30.7 Å². The van der Waals surface area contributed by atoms with E-state index in [1.165, 1.54) is 0 Å². The van der Waals surface area contributed by atoms with Crippen molar-refractivity contribution in [3.05, 3.63) is 0 Å². The fourth-order valence-electron chi connectivity index (χ4n) is 0.886. The van der Waals surface area contributed by atoms with Crippen molar-refractivity contribution in [3.8, 4) is 0 Å². The Bertz CT molecular complexity index is 345. The van der Waals surface area contributed by atoms with Crippen LogP contribution in [0.4, 0.5) is 0 Å². The van der Waals surface area contributed by atoms with E-state index in [-0.39, 0.29) is 44.2 Å². The van der Waals surface area contributed by atoms with E-state index < -0.39 is 18.1 Å². The van der Waals surface area contributed by atoms with Crippen LogP contribution in [0.3, 0.4) is 0 Å². The molecule has 0 aliphatic carbocycles. The van der Waals surface area contributed by atoms with Gasteiger partial charge in [0.2, 0.25) is 0 Å². The fraction of sp³-hybridized carbons (Fsp3) is 1.00. The standard InChI is InChI=1S/C6H14O6S4.Na.H/c7-15(8,13)11-5-3-1-2-4-6-12-16(9,10)14;;/h1-6H2,(H,7,8,13)(H,9,10,14);;/q;+1;-1. The maximum absolute atomic E-state index is 10.5. The van der Waals surface area contributed by atoms with Crippen LogP contribution in [0.25, 0.3) is 0 Å². The van der Waals surface area contributed by atoms with E-state index >= 15 is 0 Å². The quantitative estimate of drug-likeness (QED) is 0.368. The Morgan fingerprint density at radius 3 is 1.41 bits per heavy atom. The van der Waals surface area contributed by atoms with Crippen LogP contribution in [0.1, 0.15) is 27.1 Å². The zero-order valence-corrected chi connectivity index (χ0v) is 14.7. The number of rotatable bonds is 9. The van der Waals surface area contributed by atoms with Gasteiger partial charge < -0.3 is 1.43 Å². The molecule has 0 amide bonds. The van der Waals surface area contributed by atoms with Crippen LogP contribution in [-0.2, 0) is 48.8 Å². The Morgan fingerprint density at radius 1 is 0.882 bits per heavy atom. The molecule has 6 nitrogen and oxygen atoms in total. The topological polar surface area (TPSA) is 93.1 Å². The summed E-state index contributed by atoms with van der Waals surface area (Å²) in [7, 11) is -7.03. The Balaban J connectivity index is -0.00000112. The van der Waals surface area contributed by atoms with Gasteiger partial charge in [0.25, 0.3) is 18.1 Å². The molecule has 0 fully saturated rings. The molecule has 2 unspecified atom stereocenters. The van der Waals surface area contributed by atoms with E-state index in [1.54, 1.807) is 0 Å². The molecule has 0 aromatic rings. The first kappa shape index (κ1) is 20.9. The molecule has 0 aliphatic heterocycles. The second-order valence-electron chi connectivity index (χ2n) is 2.91. The molecule has 0 aliphatic rings. The van der Waals surface area contributed by atoms with Gasteiger partial charge in [-0.05, 0) is 12.8 Å². The van der Waals surface area contributed by atoms with Gasteiger partial charge in [-0.15, -0.1) is 0 Å². The van der Waals surface area contributed by atoms with Crippen LogP contribution >= 0.6 is 0 Å². The van der Waals surface area contributed by atoms with Gasteiger partial charge >= 0.3 is 29.6 Å². The molecule has 0 aromatic carbocycles. The maximum Gasteiger partial charge on any atom is 1.00 e. The predicted molar refractivity (Wildman–Crippen MR) is 67.8 cm³/mol. The minimum atomic E-state index is -3.52. The van der Waals surface area contributed by atoms with Crippen LogP contribution in [-0.4, -0.2) is 30.7 Å². The SMILES string of the molecule is O=S(O)(=S)OCCCCCCOS(=O)(O)=S.[H-].[Na+]. The smallest absolute Gasteiger partial charge is 1.00 e. The summed E-state index contributed by atoms with van der Waals surface area (Å²) in [5.74, 6) is 0. The van der Waals surface area contributed by atoms with Gasteiger partial charge in [-0.1, -0.05) is 12.8 Å². The zero-order valence-electron chi connectivity index (χ0n) is 10.4. The average molecular weight is 334 g/mol. The molecule has 0 aromatic heterocycles. The van der Waals surface area contributed by atoms with Crippen molar-refractivity contribution < 1.29 is 56.9 Å². The van der Waals surface area contributed by atoms with Crippen LogP contribution in [0.5, 0.6) is 0 Å². The molecular formula is C6H15NaO6S4. The van der Waals surface area contributed by atoms with Crippen LogP contribution < -0.4 is 29.6 Å². The fourth-order valence-corrected chi connectivity index (χ4v) is 1.95. The maximum atomic E-state index is 10.5. The molecule has 2 N–H and O–H groups in total. The molecule has 0 saturated heterocycles. The van der Waals surface area contributed by atoms with E-state index in [0.29, 0.717) is 12.8 Å². The Hall–Kier alpha value is 1.58. The third kappa shape index (κ3) is 20.1. The molecule has 0 rings (SSSR count). The van der Waals surface area contributed by atoms with Crippen molar-refractivity contribution in [2.75, 3.05) is 13.2 Å². The molecule has 0 radical (unpaired) electrons. The largest absolute Gasteiger partial charge is 1.00 e. The summed E-state index contributed by atoms with van der Waals surface area (Å²) >= 11 is 8.23. The summed E-state index contributed by atoms with van der Waals surface area (Å²) in [6.07, 6.45) is 2.68. The van der Waals surface area contributed by atoms with Gasteiger partial charge in [0.1, 0.15) is 0 Å². The Labute approximate surface area is 135 Å². The number of hydrogen-bond acceptors (Lipinski definition) is 6. The molecule has 0 bridgehead atoms. The third-order valence-electron chi connectivity index (χ3n) is 1.50.